The van der Waals surface area contributed by atoms with E-state index in [0.29, 0.717) is 19.4 Å². The molecule has 1 saturated heterocycles. The number of rotatable bonds is 3. The number of amides is 1. The van der Waals surface area contributed by atoms with Crippen molar-refractivity contribution >= 4 is 12.3 Å². The zero-order chi connectivity index (χ0) is 17.7. The summed E-state index contributed by atoms with van der Waals surface area (Å²) in [6.45, 7) is 5.60. The summed E-state index contributed by atoms with van der Waals surface area (Å²) in [5.74, 6) is -0.965. The quantitative estimate of drug-likeness (QED) is 0.670. The van der Waals surface area contributed by atoms with E-state index in [2.05, 4.69) is 10.5 Å². The molecule has 1 aromatic rings. The van der Waals surface area contributed by atoms with Gasteiger partial charge in [-0.05, 0) is 51.8 Å². The van der Waals surface area contributed by atoms with Gasteiger partial charge in [-0.1, -0.05) is 0 Å². The molecule has 5 nitrogen and oxygen atoms in total. The van der Waals surface area contributed by atoms with Crippen molar-refractivity contribution < 1.29 is 23.0 Å². The van der Waals surface area contributed by atoms with Gasteiger partial charge in [-0.2, -0.15) is 5.10 Å². The van der Waals surface area contributed by atoms with Gasteiger partial charge in [0.2, 0.25) is 0 Å². The first-order chi connectivity index (χ1) is 11.2. The fourth-order valence-corrected chi connectivity index (χ4v) is 2.39. The normalized spacial score (nSPS) is 21.7. The summed E-state index contributed by atoms with van der Waals surface area (Å²) in [7, 11) is 0. The van der Waals surface area contributed by atoms with E-state index in [1.54, 1.807) is 27.0 Å². The summed E-state index contributed by atoms with van der Waals surface area (Å²) >= 11 is 0. The molecule has 0 aliphatic carbocycles. The average Bonchev–Trinajstić information content (AvgIpc) is 2.49. The van der Waals surface area contributed by atoms with Crippen LogP contribution >= 0.6 is 0 Å². The molecule has 0 bridgehead atoms. The molecular formula is C17H22F2N2O3. The van der Waals surface area contributed by atoms with Gasteiger partial charge in [0.15, 0.2) is 0 Å². The van der Waals surface area contributed by atoms with Crippen molar-refractivity contribution in [3.8, 4) is 0 Å². The second kappa shape index (κ2) is 7.70. The molecule has 1 unspecified atom stereocenters. The van der Waals surface area contributed by atoms with Crippen LogP contribution in [0, 0.1) is 17.6 Å². The fraction of sp³-hybridized carbons (Fsp3) is 0.529. The third-order valence-corrected chi connectivity index (χ3v) is 3.46. The van der Waals surface area contributed by atoms with Gasteiger partial charge in [-0.15, -0.1) is 0 Å². The van der Waals surface area contributed by atoms with Gasteiger partial charge in [0.1, 0.15) is 17.2 Å². The standard InChI is InChI=1S/C17H22F2N2O3/c1-17(2,3)24-16(22)21-20-9-11-4-7-15(23-10-11)13-8-12(18)5-6-14(13)19/h5-6,8-9,11,15H,4,7,10H2,1-3H3,(H,21,22)/b20-9+/t11?,15-/m0/s1. The Morgan fingerprint density at radius 2 is 2.12 bits per heavy atom. The predicted octanol–water partition coefficient (Wildman–Crippen LogP) is 3.94. The van der Waals surface area contributed by atoms with Crippen LogP contribution in [0.2, 0.25) is 0 Å². The molecule has 1 heterocycles. The monoisotopic (exact) mass is 340 g/mol. The molecule has 1 fully saturated rings. The van der Waals surface area contributed by atoms with Gasteiger partial charge < -0.3 is 9.47 Å². The lowest BCUT2D eigenvalue weighted by Crippen LogP contribution is -2.30. The number of hydrazone groups is 1. The number of nitrogens with one attached hydrogen (secondary N) is 1. The minimum Gasteiger partial charge on any atom is -0.443 e. The summed E-state index contributed by atoms with van der Waals surface area (Å²) in [5, 5.41) is 3.84. The fourth-order valence-electron chi connectivity index (χ4n) is 2.39. The number of halogens is 2. The Labute approximate surface area is 140 Å². The second-order valence-corrected chi connectivity index (χ2v) is 6.72. The number of nitrogens with zero attached hydrogens (tertiary/aromatic N) is 1. The lowest BCUT2D eigenvalue weighted by atomic mass is 9.95. The molecule has 1 N–H and O–H groups in total. The minimum atomic E-state index is -0.629. The van der Waals surface area contributed by atoms with Crippen LogP contribution in [-0.2, 0) is 9.47 Å². The van der Waals surface area contributed by atoms with E-state index < -0.39 is 29.4 Å². The van der Waals surface area contributed by atoms with Crippen molar-refractivity contribution in [2.75, 3.05) is 6.61 Å². The van der Waals surface area contributed by atoms with Crippen molar-refractivity contribution in [3.05, 3.63) is 35.4 Å². The molecular weight excluding hydrogens is 318 g/mol. The van der Waals surface area contributed by atoms with Gasteiger partial charge in [-0.3, -0.25) is 0 Å². The van der Waals surface area contributed by atoms with Crippen LogP contribution in [0.25, 0.3) is 0 Å². The molecule has 132 valence electrons. The highest BCUT2D eigenvalue weighted by Gasteiger charge is 2.24. The number of hydrogen-bond acceptors (Lipinski definition) is 4. The molecule has 7 heteroatoms. The number of hydrogen-bond donors (Lipinski definition) is 1. The molecule has 0 spiro atoms. The van der Waals surface area contributed by atoms with E-state index in [1.807, 2.05) is 0 Å². The van der Waals surface area contributed by atoms with Crippen LogP contribution in [0.5, 0.6) is 0 Å². The Bertz CT molecular complexity index is 606. The van der Waals surface area contributed by atoms with Crippen molar-refractivity contribution in [1.82, 2.24) is 5.43 Å². The Balaban J connectivity index is 1.81. The van der Waals surface area contributed by atoms with Crippen LogP contribution in [0.1, 0.15) is 45.3 Å². The van der Waals surface area contributed by atoms with Crippen LogP contribution in [0.3, 0.4) is 0 Å². The lowest BCUT2D eigenvalue weighted by Gasteiger charge is -2.27. The van der Waals surface area contributed by atoms with E-state index in [1.165, 1.54) is 6.07 Å². The van der Waals surface area contributed by atoms with Crippen LogP contribution < -0.4 is 5.43 Å². The molecule has 0 aromatic heterocycles. The minimum absolute atomic E-state index is 0.00666. The summed E-state index contributed by atoms with van der Waals surface area (Å²) in [5.41, 5.74) is 1.94. The number of benzene rings is 1. The largest absolute Gasteiger partial charge is 0.443 e. The molecule has 2 rings (SSSR count). The molecule has 1 amide bonds. The zero-order valence-corrected chi connectivity index (χ0v) is 14.0. The Morgan fingerprint density at radius 3 is 2.75 bits per heavy atom. The molecule has 0 saturated carbocycles. The first-order valence-electron chi connectivity index (χ1n) is 7.83. The summed E-state index contributed by atoms with van der Waals surface area (Å²) in [4.78, 5) is 11.5. The summed E-state index contributed by atoms with van der Waals surface area (Å²) < 4.78 is 37.6. The number of carbonyl (C=O) groups excluding carboxylic acids is 1. The van der Waals surface area contributed by atoms with Crippen LogP contribution in [0.4, 0.5) is 13.6 Å². The summed E-state index contributed by atoms with van der Waals surface area (Å²) in [6.07, 6.45) is 1.71. The van der Waals surface area contributed by atoms with Gasteiger partial charge in [-0.25, -0.2) is 19.0 Å². The van der Waals surface area contributed by atoms with Crippen LogP contribution in [-0.4, -0.2) is 24.5 Å². The second-order valence-electron chi connectivity index (χ2n) is 6.72. The first-order valence-corrected chi connectivity index (χ1v) is 7.83. The van der Waals surface area contributed by atoms with Crippen molar-refractivity contribution in [3.63, 3.8) is 0 Å². The first kappa shape index (κ1) is 18.3. The highest BCUT2D eigenvalue weighted by Crippen LogP contribution is 2.31. The van der Waals surface area contributed by atoms with Gasteiger partial charge in [0, 0.05) is 17.7 Å². The SMILES string of the molecule is CC(C)(C)OC(=O)N/N=C/C1CC[C@@H](c2cc(F)ccc2F)OC1. The maximum absolute atomic E-state index is 13.7. The van der Waals surface area contributed by atoms with E-state index in [-0.39, 0.29) is 11.5 Å². The Hall–Kier alpha value is -2.02. The van der Waals surface area contributed by atoms with Gasteiger partial charge >= 0.3 is 6.09 Å². The van der Waals surface area contributed by atoms with Crippen LogP contribution in [0.15, 0.2) is 23.3 Å². The van der Waals surface area contributed by atoms with Gasteiger partial charge in [0.05, 0.1) is 12.7 Å². The topological polar surface area (TPSA) is 59.9 Å². The average molecular weight is 340 g/mol. The van der Waals surface area contributed by atoms with E-state index in [0.717, 1.165) is 12.1 Å². The van der Waals surface area contributed by atoms with Crippen molar-refractivity contribution in [2.45, 2.75) is 45.3 Å². The molecule has 0 radical (unpaired) electrons. The zero-order valence-electron chi connectivity index (χ0n) is 14.0. The highest BCUT2D eigenvalue weighted by atomic mass is 19.1. The maximum Gasteiger partial charge on any atom is 0.428 e. The van der Waals surface area contributed by atoms with E-state index in [4.69, 9.17) is 9.47 Å². The van der Waals surface area contributed by atoms with Crippen molar-refractivity contribution in [2.24, 2.45) is 11.0 Å². The van der Waals surface area contributed by atoms with E-state index >= 15 is 0 Å². The third-order valence-electron chi connectivity index (χ3n) is 3.46. The molecule has 1 aliphatic heterocycles. The van der Waals surface area contributed by atoms with Gasteiger partial charge in [0.25, 0.3) is 0 Å². The molecule has 24 heavy (non-hydrogen) atoms. The smallest absolute Gasteiger partial charge is 0.428 e. The Kier molecular flexibility index (Phi) is 5.88. The maximum atomic E-state index is 13.7. The molecule has 2 atom stereocenters. The third kappa shape index (κ3) is 5.56. The lowest BCUT2D eigenvalue weighted by molar-refractivity contribution is -0.00190. The van der Waals surface area contributed by atoms with Crippen molar-refractivity contribution in [1.29, 1.82) is 0 Å². The highest BCUT2D eigenvalue weighted by molar-refractivity contribution is 5.70. The summed E-state index contributed by atoms with van der Waals surface area (Å²) in [6, 6.07) is 3.35. The number of carbonyl (C=O) groups is 1. The molecule has 1 aromatic carbocycles. The Morgan fingerprint density at radius 1 is 1.38 bits per heavy atom. The number of ether oxygens (including phenoxy) is 2. The predicted molar refractivity (Wildman–Crippen MR) is 85.6 cm³/mol. The van der Waals surface area contributed by atoms with E-state index in [9.17, 15) is 13.6 Å². The molecule has 1 aliphatic rings.